The molecule has 1 heterocycles. The zero-order chi connectivity index (χ0) is 12.5. The molecule has 0 bridgehead atoms. The lowest BCUT2D eigenvalue weighted by Gasteiger charge is -2.42. The summed E-state index contributed by atoms with van der Waals surface area (Å²) in [5, 5.41) is 3.52. The maximum absolute atomic E-state index is 6.04. The van der Waals surface area contributed by atoms with Crippen molar-refractivity contribution in [2.45, 2.75) is 31.9 Å². The summed E-state index contributed by atoms with van der Waals surface area (Å²) < 4.78 is 11.2. The number of benzene rings is 1. The van der Waals surface area contributed by atoms with Crippen molar-refractivity contribution >= 4 is 0 Å². The van der Waals surface area contributed by atoms with Crippen molar-refractivity contribution in [2.24, 2.45) is 0 Å². The highest BCUT2D eigenvalue weighted by Crippen LogP contribution is 2.30. The summed E-state index contributed by atoms with van der Waals surface area (Å²) in [7, 11) is 1.68. The van der Waals surface area contributed by atoms with Gasteiger partial charge in [-0.2, -0.15) is 0 Å². The van der Waals surface area contributed by atoms with Crippen LogP contribution in [-0.4, -0.2) is 25.8 Å². The van der Waals surface area contributed by atoms with Crippen molar-refractivity contribution in [3.8, 4) is 5.75 Å². The van der Waals surface area contributed by atoms with Crippen LogP contribution in [0.1, 0.15) is 26.3 Å². The van der Waals surface area contributed by atoms with Crippen LogP contribution in [-0.2, 0) is 10.3 Å². The van der Waals surface area contributed by atoms with Gasteiger partial charge in [0.15, 0.2) is 0 Å². The molecular formula is C14H21NO2. The molecule has 0 aromatic heterocycles. The Morgan fingerprint density at radius 1 is 1.18 bits per heavy atom. The summed E-state index contributed by atoms with van der Waals surface area (Å²) in [5.41, 5.74) is 0.995. The average molecular weight is 235 g/mol. The topological polar surface area (TPSA) is 30.5 Å². The fourth-order valence-corrected chi connectivity index (χ4v) is 1.98. The fourth-order valence-electron chi connectivity index (χ4n) is 1.98. The van der Waals surface area contributed by atoms with Crippen molar-refractivity contribution in [2.75, 3.05) is 20.3 Å². The second-order valence-electron chi connectivity index (χ2n) is 5.49. The molecule has 1 unspecified atom stereocenters. The molecule has 1 aliphatic rings. The van der Waals surface area contributed by atoms with E-state index in [9.17, 15) is 0 Å². The number of ether oxygens (including phenoxy) is 2. The van der Waals surface area contributed by atoms with E-state index in [1.165, 1.54) is 5.56 Å². The first kappa shape index (κ1) is 12.4. The summed E-state index contributed by atoms with van der Waals surface area (Å²) in [4.78, 5) is 0. The van der Waals surface area contributed by atoms with Gasteiger partial charge in [0.05, 0.1) is 13.7 Å². The monoisotopic (exact) mass is 235 g/mol. The number of rotatable bonds is 2. The van der Waals surface area contributed by atoms with Gasteiger partial charge in [-0.25, -0.2) is 0 Å². The Morgan fingerprint density at radius 3 is 2.29 bits per heavy atom. The van der Waals surface area contributed by atoms with Gasteiger partial charge in [-0.15, -0.1) is 0 Å². The van der Waals surface area contributed by atoms with Crippen molar-refractivity contribution in [1.82, 2.24) is 5.32 Å². The molecule has 1 aliphatic heterocycles. The smallest absolute Gasteiger partial charge is 0.118 e. The van der Waals surface area contributed by atoms with Crippen LogP contribution in [0.4, 0.5) is 0 Å². The van der Waals surface area contributed by atoms with Gasteiger partial charge in [-0.1, -0.05) is 12.1 Å². The van der Waals surface area contributed by atoms with Gasteiger partial charge in [0.2, 0.25) is 0 Å². The van der Waals surface area contributed by atoms with E-state index < -0.39 is 0 Å². The largest absolute Gasteiger partial charge is 0.497 e. The normalized spacial score (nSPS) is 27.8. The molecule has 1 N–H and O–H groups in total. The minimum atomic E-state index is -0.248. The number of hydrogen-bond donors (Lipinski definition) is 1. The molecule has 1 aromatic carbocycles. The van der Waals surface area contributed by atoms with E-state index in [1.54, 1.807) is 7.11 Å². The molecule has 0 aliphatic carbocycles. The van der Waals surface area contributed by atoms with Gasteiger partial charge in [0.1, 0.15) is 11.4 Å². The molecule has 1 saturated heterocycles. The first-order chi connectivity index (χ1) is 7.95. The molecule has 0 saturated carbocycles. The van der Waals surface area contributed by atoms with E-state index in [-0.39, 0.29) is 11.1 Å². The summed E-state index contributed by atoms with van der Waals surface area (Å²) in [6, 6.07) is 8.09. The van der Waals surface area contributed by atoms with Crippen molar-refractivity contribution in [3.63, 3.8) is 0 Å². The molecule has 1 fully saturated rings. The van der Waals surface area contributed by atoms with Gasteiger partial charge in [-0.3, -0.25) is 0 Å². The predicted octanol–water partition coefficient (Wildman–Crippen LogP) is 2.31. The first-order valence-electron chi connectivity index (χ1n) is 5.99. The second kappa shape index (κ2) is 4.31. The molecule has 3 nitrogen and oxygen atoms in total. The quantitative estimate of drug-likeness (QED) is 0.853. The van der Waals surface area contributed by atoms with E-state index in [1.807, 2.05) is 12.1 Å². The van der Waals surface area contributed by atoms with E-state index >= 15 is 0 Å². The molecule has 0 radical (unpaired) electrons. The minimum Gasteiger partial charge on any atom is -0.497 e. The lowest BCUT2D eigenvalue weighted by Crippen LogP contribution is -2.56. The molecular weight excluding hydrogens is 214 g/mol. The summed E-state index contributed by atoms with van der Waals surface area (Å²) in [6.45, 7) is 7.97. The van der Waals surface area contributed by atoms with Crippen LogP contribution < -0.4 is 10.1 Å². The standard InChI is InChI=1S/C14H21NO2/c1-13(2)10-17-14(3,9-15-13)11-5-7-12(16-4)8-6-11/h5-8,15H,9-10H2,1-4H3. The minimum absolute atomic E-state index is 0.0615. The molecule has 0 spiro atoms. The molecule has 94 valence electrons. The lowest BCUT2D eigenvalue weighted by atomic mass is 9.91. The van der Waals surface area contributed by atoms with Crippen LogP contribution in [0.5, 0.6) is 5.75 Å². The van der Waals surface area contributed by atoms with Crippen LogP contribution in [0.15, 0.2) is 24.3 Å². The van der Waals surface area contributed by atoms with Crippen molar-refractivity contribution in [3.05, 3.63) is 29.8 Å². The zero-order valence-electron chi connectivity index (χ0n) is 11.0. The van der Waals surface area contributed by atoms with Gasteiger partial charge < -0.3 is 14.8 Å². The highest BCUT2D eigenvalue weighted by molar-refractivity contribution is 5.31. The molecule has 0 amide bonds. The Hall–Kier alpha value is -1.06. The van der Waals surface area contributed by atoms with E-state index in [2.05, 4.69) is 38.2 Å². The summed E-state index contributed by atoms with van der Waals surface area (Å²) in [5.74, 6) is 0.876. The van der Waals surface area contributed by atoms with E-state index in [0.717, 1.165) is 18.9 Å². The van der Waals surface area contributed by atoms with Gasteiger partial charge in [0.25, 0.3) is 0 Å². The van der Waals surface area contributed by atoms with Crippen LogP contribution in [0.3, 0.4) is 0 Å². The SMILES string of the molecule is COc1ccc(C2(C)CNC(C)(C)CO2)cc1. The first-order valence-corrected chi connectivity index (χ1v) is 5.99. The molecule has 1 atom stereocenters. The second-order valence-corrected chi connectivity index (χ2v) is 5.49. The van der Waals surface area contributed by atoms with Crippen LogP contribution in [0.25, 0.3) is 0 Å². The van der Waals surface area contributed by atoms with Gasteiger partial charge in [-0.05, 0) is 38.5 Å². The van der Waals surface area contributed by atoms with Crippen molar-refractivity contribution < 1.29 is 9.47 Å². The van der Waals surface area contributed by atoms with Crippen LogP contribution in [0.2, 0.25) is 0 Å². The van der Waals surface area contributed by atoms with Crippen LogP contribution >= 0.6 is 0 Å². The average Bonchev–Trinajstić information content (AvgIpc) is 2.34. The maximum atomic E-state index is 6.04. The number of hydrogen-bond acceptors (Lipinski definition) is 3. The summed E-state index contributed by atoms with van der Waals surface area (Å²) in [6.07, 6.45) is 0. The highest BCUT2D eigenvalue weighted by atomic mass is 16.5. The van der Waals surface area contributed by atoms with Crippen LogP contribution in [0, 0.1) is 0 Å². The van der Waals surface area contributed by atoms with Crippen molar-refractivity contribution in [1.29, 1.82) is 0 Å². The van der Waals surface area contributed by atoms with E-state index in [4.69, 9.17) is 9.47 Å². The predicted molar refractivity (Wildman–Crippen MR) is 68.4 cm³/mol. The Morgan fingerprint density at radius 2 is 1.82 bits per heavy atom. The molecule has 2 rings (SSSR count). The fraction of sp³-hybridized carbons (Fsp3) is 0.571. The third-order valence-corrected chi connectivity index (χ3v) is 3.36. The number of morpholine rings is 1. The Balaban J connectivity index is 2.15. The maximum Gasteiger partial charge on any atom is 0.118 e. The molecule has 17 heavy (non-hydrogen) atoms. The summed E-state index contributed by atoms with van der Waals surface area (Å²) >= 11 is 0. The van der Waals surface area contributed by atoms with E-state index in [0.29, 0.717) is 0 Å². The molecule has 3 heteroatoms. The highest BCUT2D eigenvalue weighted by Gasteiger charge is 2.36. The number of nitrogens with one attached hydrogen (secondary N) is 1. The lowest BCUT2D eigenvalue weighted by molar-refractivity contribution is -0.0950. The third kappa shape index (κ3) is 2.61. The van der Waals surface area contributed by atoms with Gasteiger partial charge >= 0.3 is 0 Å². The third-order valence-electron chi connectivity index (χ3n) is 3.36. The Labute approximate surface area is 103 Å². The Kier molecular flexibility index (Phi) is 3.15. The van der Waals surface area contributed by atoms with Gasteiger partial charge in [0, 0.05) is 12.1 Å². The number of methoxy groups -OCH3 is 1. The molecule has 1 aromatic rings. The zero-order valence-corrected chi connectivity index (χ0v) is 11.0. The Bertz CT molecular complexity index is 374.